The molecule has 0 saturated heterocycles. The van der Waals surface area contributed by atoms with Crippen LogP contribution in [-0.4, -0.2) is 23.0 Å². The fourth-order valence-corrected chi connectivity index (χ4v) is 1.62. The average Bonchev–Trinajstić information content (AvgIpc) is 2.39. The Morgan fingerprint density at radius 3 is 2.43 bits per heavy atom. The summed E-state index contributed by atoms with van der Waals surface area (Å²) >= 11 is 0. The van der Waals surface area contributed by atoms with Gasteiger partial charge >= 0.3 is 0 Å². The Balaban J connectivity index is 2.75. The van der Waals surface area contributed by atoms with E-state index in [1.807, 2.05) is 13.0 Å². The minimum absolute atomic E-state index is 0.0839. The molecule has 0 heterocycles. The Bertz CT molecular complexity index is 533. The quantitative estimate of drug-likeness (QED) is 0.794. The minimum Gasteiger partial charge on any atom is -0.392 e. The maximum absolute atomic E-state index is 12.1. The smallest absolute Gasteiger partial charge is 0.246 e. The van der Waals surface area contributed by atoms with Gasteiger partial charge in [0.15, 0.2) is 0 Å². The average molecular weight is 292 g/mol. The van der Waals surface area contributed by atoms with Crippen molar-refractivity contribution < 1.29 is 14.7 Å². The van der Waals surface area contributed by atoms with Crippen LogP contribution in [0.15, 0.2) is 18.2 Å². The van der Waals surface area contributed by atoms with Crippen LogP contribution in [0, 0.1) is 12.3 Å². The number of anilines is 1. The Labute approximate surface area is 125 Å². The van der Waals surface area contributed by atoms with Gasteiger partial charge < -0.3 is 15.7 Å². The first-order valence-corrected chi connectivity index (χ1v) is 6.97. The lowest BCUT2D eigenvalue weighted by molar-refractivity contribution is -0.131. The number of aliphatic hydroxyl groups excluding tert-OH is 1. The lowest BCUT2D eigenvalue weighted by Gasteiger charge is -2.21. The summed E-state index contributed by atoms with van der Waals surface area (Å²) in [5.74, 6) is -0.461. The molecule has 0 radical (unpaired) electrons. The maximum Gasteiger partial charge on any atom is 0.246 e. The second-order valence-corrected chi connectivity index (χ2v) is 6.24. The van der Waals surface area contributed by atoms with Crippen molar-refractivity contribution in [2.24, 2.45) is 5.41 Å². The van der Waals surface area contributed by atoms with Gasteiger partial charge in [0.1, 0.15) is 6.04 Å². The summed E-state index contributed by atoms with van der Waals surface area (Å²) in [6.07, 6.45) is 0. The van der Waals surface area contributed by atoms with E-state index in [0.29, 0.717) is 5.69 Å². The molecule has 1 unspecified atom stereocenters. The van der Waals surface area contributed by atoms with E-state index in [0.717, 1.165) is 11.1 Å². The number of amides is 2. The van der Waals surface area contributed by atoms with Crippen LogP contribution in [0.5, 0.6) is 0 Å². The molecule has 0 aliphatic rings. The van der Waals surface area contributed by atoms with Crippen molar-refractivity contribution in [3.05, 3.63) is 29.3 Å². The molecule has 0 spiro atoms. The highest BCUT2D eigenvalue weighted by Crippen LogP contribution is 2.17. The summed E-state index contributed by atoms with van der Waals surface area (Å²) in [4.78, 5) is 24.0. The van der Waals surface area contributed by atoms with Crippen LogP contribution in [-0.2, 0) is 16.2 Å². The van der Waals surface area contributed by atoms with E-state index in [4.69, 9.17) is 5.11 Å². The third-order valence-electron chi connectivity index (χ3n) is 3.16. The molecular formula is C16H24N2O3. The van der Waals surface area contributed by atoms with Crippen LogP contribution in [0.25, 0.3) is 0 Å². The molecule has 2 amide bonds. The normalized spacial score (nSPS) is 12.7. The maximum atomic E-state index is 12.1. The van der Waals surface area contributed by atoms with Gasteiger partial charge in [-0.2, -0.15) is 0 Å². The molecule has 1 aromatic carbocycles. The number of benzene rings is 1. The number of rotatable bonds is 4. The van der Waals surface area contributed by atoms with Crippen molar-refractivity contribution in [3.8, 4) is 0 Å². The van der Waals surface area contributed by atoms with Gasteiger partial charge in [-0.3, -0.25) is 9.59 Å². The Morgan fingerprint density at radius 2 is 1.90 bits per heavy atom. The summed E-state index contributed by atoms with van der Waals surface area (Å²) < 4.78 is 0. The predicted molar refractivity (Wildman–Crippen MR) is 82.8 cm³/mol. The van der Waals surface area contributed by atoms with E-state index in [1.165, 1.54) is 0 Å². The summed E-state index contributed by atoms with van der Waals surface area (Å²) in [6.45, 7) is 8.81. The second-order valence-electron chi connectivity index (χ2n) is 6.24. The summed E-state index contributed by atoms with van der Waals surface area (Å²) in [7, 11) is 0. The summed E-state index contributed by atoms with van der Waals surface area (Å²) in [5.41, 5.74) is 1.72. The summed E-state index contributed by atoms with van der Waals surface area (Å²) in [5, 5.41) is 14.6. The van der Waals surface area contributed by atoms with Crippen LogP contribution in [0.2, 0.25) is 0 Å². The second kappa shape index (κ2) is 6.72. The highest BCUT2D eigenvalue weighted by molar-refractivity contribution is 5.98. The zero-order valence-corrected chi connectivity index (χ0v) is 13.3. The van der Waals surface area contributed by atoms with Crippen LogP contribution >= 0.6 is 0 Å². The van der Waals surface area contributed by atoms with Gasteiger partial charge in [-0.05, 0) is 31.0 Å². The number of hydrogen-bond donors (Lipinski definition) is 3. The van der Waals surface area contributed by atoms with E-state index in [9.17, 15) is 9.59 Å². The minimum atomic E-state index is -0.631. The zero-order valence-electron chi connectivity index (χ0n) is 13.3. The monoisotopic (exact) mass is 292 g/mol. The lowest BCUT2D eigenvalue weighted by atomic mass is 9.95. The molecule has 0 saturated carbocycles. The SMILES string of the molecule is Cc1ccc(CO)cc1NC(=O)C(C)NC(=O)C(C)(C)C. The van der Waals surface area contributed by atoms with E-state index < -0.39 is 11.5 Å². The third kappa shape index (κ3) is 4.86. The van der Waals surface area contributed by atoms with Crippen LogP contribution < -0.4 is 10.6 Å². The van der Waals surface area contributed by atoms with Crippen LogP contribution in [0.3, 0.4) is 0 Å². The van der Waals surface area contributed by atoms with E-state index in [-0.39, 0.29) is 18.4 Å². The topological polar surface area (TPSA) is 78.4 Å². The van der Waals surface area contributed by atoms with Gasteiger partial charge in [0.25, 0.3) is 0 Å². The van der Waals surface area contributed by atoms with Crippen molar-refractivity contribution in [3.63, 3.8) is 0 Å². The number of nitrogens with one attached hydrogen (secondary N) is 2. The van der Waals surface area contributed by atoms with Gasteiger partial charge in [0, 0.05) is 11.1 Å². The predicted octanol–water partition coefficient (Wildman–Crippen LogP) is 1.98. The lowest BCUT2D eigenvalue weighted by Crippen LogP contribution is -2.46. The van der Waals surface area contributed by atoms with Crippen LogP contribution in [0.1, 0.15) is 38.8 Å². The molecule has 5 heteroatoms. The molecule has 116 valence electrons. The van der Waals surface area contributed by atoms with Crippen LogP contribution in [0.4, 0.5) is 5.69 Å². The van der Waals surface area contributed by atoms with Crippen molar-refractivity contribution in [2.75, 3.05) is 5.32 Å². The Kier molecular flexibility index (Phi) is 5.49. The standard InChI is InChI=1S/C16H24N2O3/c1-10-6-7-12(9-19)8-13(10)18-14(20)11(2)17-15(21)16(3,4)5/h6-8,11,19H,9H2,1-5H3,(H,17,21)(H,18,20). The van der Waals surface area contributed by atoms with Gasteiger partial charge in [-0.25, -0.2) is 0 Å². The number of carbonyl (C=O) groups excluding carboxylic acids is 2. The molecule has 0 aliphatic heterocycles. The van der Waals surface area contributed by atoms with Gasteiger partial charge in [-0.15, -0.1) is 0 Å². The van der Waals surface area contributed by atoms with E-state index in [1.54, 1.807) is 39.8 Å². The zero-order chi connectivity index (χ0) is 16.2. The molecule has 1 rings (SSSR count). The fourth-order valence-electron chi connectivity index (χ4n) is 1.62. The van der Waals surface area contributed by atoms with Crippen molar-refractivity contribution in [2.45, 2.75) is 47.3 Å². The van der Waals surface area contributed by atoms with E-state index in [2.05, 4.69) is 10.6 Å². The molecule has 1 aromatic rings. The number of aliphatic hydroxyl groups is 1. The van der Waals surface area contributed by atoms with Gasteiger partial charge in [0.2, 0.25) is 11.8 Å². The molecule has 21 heavy (non-hydrogen) atoms. The molecule has 0 aliphatic carbocycles. The van der Waals surface area contributed by atoms with Gasteiger partial charge in [0.05, 0.1) is 6.61 Å². The van der Waals surface area contributed by atoms with Crippen molar-refractivity contribution in [1.29, 1.82) is 0 Å². The fraction of sp³-hybridized carbons (Fsp3) is 0.500. The van der Waals surface area contributed by atoms with Gasteiger partial charge in [-0.1, -0.05) is 32.9 Å². The van der Waals surface area contributed by atoms with Crippen molar-refractivity contribution >= 4 is 17.5 Å². The van der Waals surface area contributed by atoms with Crippen molar-refractivity contribution in [1.82, 2.24) is 5.32 Å². The Morgan fingerprint density at radius 1 is 1.29 bits per heavy atom. The molecular weight excluding hydrogens is 268 g/mol. The highest BCUT2D eigenvalue weighted by atomic mass is 16.3. The number of carbonyl (C=O) groups is 2. The Hall–Kier alpha value is -1.88. The largest absolute Gasteiger partial charge is 0.392 e. The number of hydrogen-bond acceptors (Lipinski definition) is 3. The highest BCUT2D eigenvalue weighted by Gasteiger charge is 2.25. The molecule has 0 aromatic heterocycles. The first kappa shape index (κ1) is 17.2. The first-order chi connectivity index (χ1) is 9.65. The number of aryl methyl sites for hydroxylation is 1. The summed E-state index contributed by atoms with van der Waals surface area (Å²) in [6, 6.07) is 4.73. The molecule has 5 nitrogen and oxygen atoms in total. The van der Waals surface area contributed by atoms with E-state index >= 15 is 0 Å². The molecule has 0 bridgehead atoms. The molecule has 3 N–H and O–H groups in total. The molecule has 1 atom stereocenters. The third-order valence-corrected chi connectivity index (χ3v) is 3.16. The molecule has 0 fully saturated rings. The first-order valence-electron chi connectivity index (χ1n) is 6.97.